The van der Waals surface area contributed by atoms with Crippen LogP contribution in [0.3, 0.4) is 0 Å². The summed E-state index contributed by atoms with van der Waals surface area (Å²) in [4.78, 5) is 4.44. The molecule has 0 aliphatic carbocycles. The lowest BCUT2D eigenvalue weighted by molar-refractivity contribution is 0.225. The summed E-state index contributed by atoms with van der Waals surface area (Å²) in [5, 5.41) is -0.491. The molecule has 4 nitrogen and oxygen atoms in total. The third-order valence-electron chi connectivity index (χ3n) is 2.51. The first-order valence-corrected chi connectivity index (χ1v) is 7.59. The van der Waals surface area contributed by atoms with Crippen LogP contribution in [0, 0.1) is 13.8 Å². The van der Waals surface area contributed by atoms with Crippen molar-refractivity contribution in [3.63, 3.8) is 0 Å². The number of nitrogens with zero attached hydrogens (tertiary/aromatic N) is 1. The molecule has 0 aliphatic heterocycles. The number of pyridine rings is 1. The highest BCUT2D eigenvalue weighted by molar-refractivity contribution is 7.92. The highest BCUT2D eigenvalue weighted by Crippen LogP contribution is 2.30. The molecule has 0 unspecified atom stereocenters. The molecule has 18 heavy (non-hydrogen) atoms. The zero-order valence-corrected chi connectivity index (χ0v) is 12.6. The Labute approximate surface area is 109 Å². The smallest absolute Gasteiger partial charge is 0.233 e. The quantitative estimate of drug-likeness (QED) is 0.844. The number of aromatic nitrogens is 1. The lowest BCUT2D eigenvalue weighted by Crippen LogP contribution is -2.19. The minimum atomic E-state index is -3.39. The van der Waals surface area contributed by atoms with Crippen LogP contribution in [-0.4, -0.2) is 24.8 Å². The topological polar surface area (TPSA) is 56.3 Å². The highest BCUT2D eigenvalue weighted by Gasteiger charge is 2.27. The summed E-state index contributed by atoms with van der Waals surface area (Å²) in [5.74, 6) is 0.219. The predicted octanol–water partition coefficient (Wildman–Crippen LogP) is 2.67. The molecule has 1 aromatic rings. The molecule has 0 atom stereocenters. The van der Waals surface area contributed by atoms with Gasteiger partial charge in [-0.3, -0.25) is 0 Å². The Balaban J connectivity index is 3.51. The molecule has 1 aromatic heterocycles. The lowest BCUT2D eigenvalue weighted by atomic mass is 10.2. The zero-order chi connectivity index (χ0) is 14.1. The fraction of sp³-hybridized carbons (Fsp3) is 0.615. The Morgan fingerprint density at radius 2 is 1.72 bits per heavy atom. The molecule has 0 fully saturated rings. The molecule has 0 aromatic carbocycles. The first-order valence-electron chi connectivity index (χ1n) is 6.05. The van der Waals surface area contributed by atoms with Gasteiger partial charge in [0.1, 0.15) is 4.90 Å². The van der Waals surface area contributed by atoms with Gasteiger partial charge in [-0.2, -0.15) is 0 Å². The van der Waals surface area contributed by atoms with Crippen LogP contribution < -0.4 is 4.74 Å². The Morgan fingerprint density at radius 1 is 1.17 bits per heavy atom. The van der Waals surface area contributed by atoms with Gasteiger partial charge in [0.25, 0.3) is 0 Å². The van der Waals surface area contributed by atoms with E-state index in [2.05, 4.69) is 4.98 Å². The van der Waals surface area contributed by atoms with E-state index in [9.17, 15) is 8.42 Å². The second kappa shape index (κ2) is 5.26. The average molecular weight is 271 g/mol. The summed E-state index contributed by atoms with van der Waals surface area (Å²) in [5.41, 5.74) is 1.44. The summed E-state index contributed by atoms with van der Waals surface area (Å²) in [6, 6.07) is 1.77. The van der Waals surface area contributed by atoms with Crippen LogP contribution in [-0.2, 0) is 9.84 Å². The minimum Gasteiger partial charge on any atom is -0.474 e. The summed E-state index contributed by atoms with van der Waals surface area (Å²) in [6.07, 6.45) is -0.111. The van der Waals surface area contributed by atoms with Crippen molar-refractivity contribution in [3.8, 4) is 5.88 Å². The minimum absolute atomic E-state index is 0.111. The molecule has 0 saturated carbocycles. The van der Waals surface area contributed by atoms with E-state index in [4.69, 9.17) is 4.74 Å². The van der Waals surface area contributed by atoms with Crippen LogP contribution in [0.2, 0.25) is 0 Å². The second-order valence-electron chi connectivity index (χ2n) is 4.98. The second-order valence-corrected chi connectivity index (χ2v) is 7.42. The fourth-order valence-electron chi connectivity index (χ4n) is 1.68. The van der Waals surface area contributed by atoms with Gasteiger partial charge in [-0.15, -0.1) is 0 Å². The first-order chi connectivity index (χ1) is 8.16. The van der Waals surface area contributed by atoms with Crippen LogP contribution in [0.5, 0.6) is 5.88 Å². The standard InChI is InChI=1S/C13H21NO3S/c1-8(2)17-13-12(18(15,16)9(3)4)10(5)7-11(6)14-13/h7-9H,1-6H3. The number of ether oxygens (including phenoxy) is 1. The average Bonchev–Trinajstić information content (AvgIpc) is 2.13. The van der Waals surface area contributed by atoms with E-state index in [0.717, 1.165) is 5.69 Å². The Kier molecular flexibility index (Phi) is 4.37. The molecule has 0 bridgehead atoms. The SMILES string of the molecule is Cc1cc(C)c(S(=O)(=O)C(C)C)c(OC(C)C)n1. The molecule has 0 saturated heterocycles. The molecule has 102 valence electrons. The van der Waals surface area contributed by atoms with E-state index in [1.165, 1.54) is 0 Å². The molecule has 1 rings (SSSR count). The molecule has 0 amide bonds. The molecule has 5 heteroatoms. The van der Waals surface area contributed by atoms with E-state index in [-0.39, 0.29) is 16.9 Å². The number of rotatable bonds is 4. The summed E-state index contributed by atoms with van der Waals surface area (Å²) >= 11 is 0. The third-order valence-corrected chi connectivity index (χ3v) is 4.81. The van der Waals surface area contributed by atoms with E-state index in [1.807, 2.05) is 20.8 Å². The Hall–Kier alpha value is -1.10. The Bertz CT molecular complexity index is 533. The van der Waals surface area contributed by atoms with E-state index in [1.54, 1.807) is 26.8 Å². The van der Waals surface area contributed by atoms with Crippen molar-refractivity contribution in [2.75, 3.05) is 0 Å². The number of hydrogen-bond donors (Lipinski definition) is 0. The van der Waals surface area contributed by atoms with Crippen LogP contribution in [0.25, 0.3) is 0 Å². The number of sulfone groups is 1. The van der Waals surface area contributed by atoms with E-state index >= 15 is 0 Å². The Morgan fingerprint density at radius 3 is 2.17 bits per heavy atom. The highest BCUT2D eigenvalue weighted by atomic mass is 32.2. The van der Waals surface area contributed by atoms with Crippen LogP contribution in [0.1, 0.15) is 39.0 Å². The maximum absolute atomic E-state index is 12.3. The third kappa shape index (κ3) is 3.02. The van der Waals surface area contributed by atoms with Crippen LogP contribution in [0.15, 0.2) is 11.0 Å². The van der Waals surface area contributed by atoms with Gasteiger partial charge in [-0.25, -0.2) is 13.4 Å². The van der Waals surface area contributed by atoms with E-state index in [0.29, 0.717) is 5.56 Å². The summed E-state index contributed by atoms with van der Waals surface area (Å²) in [6.45, 7) is 10.6. The van der Waals surface area contributed by atoms with E-state index < -0.39 is 15.1 Å². The first kappa shape index (κ1) is 15.0. The van der Waals surface area contributed by atoms with Crippen molar-refractivity contribution in [1.29, 1.82) is 0 Å². The number of aryl methyl sites for hydroxylation is 2. The molecular formula is C13H21NO3S. The fourth-order valence-corrected chi connectivity index (χ4v) is 2.99. The van der Waals surface area contributed by atoms with Crippen molar-refractivity contribution in [2.24, 2.45) is 0 Å². The monoisotopic (exact) mass is 271 g/mol. The maximum Gasteiger partial charge on any atom is 0.233 e. The van der Waals surface area contributed by atoms with Gasteiger partial charge in [0.15, 0.2) is 9.84 Å². The largest absolute Gasteiger partial charge is 0.474 e. The van der Waals surface area contributed by atoms with Gasteiger partial charge in [-0.1, -0.05) is 0 Å². The van der Waals surface area contributed by atoms with Crippen LogP contribution >= 0.6 is 0 Å². The molecule has 0 radical (unpaired) electrons. The normalized spacial score (nSPS) is 12.2. The molecule has 1 heterocycles. The summed E-state index contributed by atoms with van der Waals surface area (Å²) < 4.78 is 30.2. The maximum atomic E-state index is 12.3. The zero-order valence-electron chi connectivity index (χ0n) is 11.8. The van der Waals surface area contributed by atoms with Crippen molar-refractivity contribution in [3.05, 3.63) is 17.3 Å². The van der Waals surface area contributed by atoms with Crippen molar-refractivity contribution < 1.29 is 13.2 Å². The molecule has 0 aliphatic rings. The van der Waals surface area contributed by atoms with Gasteiger partial charge < -0.3 is 4.74 Å². The van der Waals surface area contributed by atoms with Crippen molar-refractivity contribution in [1.82, 2.24) is 4.98 Å². The lowest BCUT2D eigenvalue weighted by Gasteiger charge is -2.17. The predicted molar refractivity (Wildman–Crippen MR) is 71.8 cm³/mol. The molecular weight excluding hydrogens is 250 g/mol. The van der Waals surface area contributed by atoms with Gasteiger partial charge in [-0.05, 0) is 53.2 Å². The van der Waals surface area contributed by atoms with Gasteiger partial charge in [0.05, 0.1) is 11.4 Å². The molecule has 0 N–H and O–H groups in total. The van der Waals surface area contributed by atoms with Crippen molar-refractivity contribution >= 4 is 9.84 Å². The van der Waals surface area contributed by atoms with Gasteiger partial charge >= 0.3 is 0 Å². The van der Waals surface area contributed by atoms with Crippen LogP contribution in [0.4, 0.5) is 0 Å². The van der Waals surface area contributed by atoms with Gasteiger partial charge in [0, 0.05) is 5.69 Å². The molecule has 0 spiro atoms. The van der Waals surface area contributed by atoms with Gasteiger partial charge in [0.2, 0.25) is 5.88 Å². The van der Waals surface area contributed by atoms with Crippen molar-refractivity contribution in [2.45, 2.75) is 57.8 Å². The summed E-state index contributed by atoms with van der Waals surface area (Å²) in [7, 11) is -3.39. The number of hydrogen-bond acceptors (Lipinski definition) is 4.